The van der Waals surface area contributed by atoms with Gasteiger partial charge in [0.2, 0.25) is 0 Å². The molecule has 0 amide bonds. The molecule has 0 spiro atoms. The summed E-state index contributed by atoms with van der Waals surface area (Å²) in [5, 5.41) is 0. The number of hydrogen-bond donors (Lipinski definition) is 0. The zero-order valence-corrected chi connectivity index (χ0v) is 59.6. The van der Waals surface area contributed by atoms with Gasteiger partial charge in [0, 0.05) is 19.3 Å². The van der Waals surface area contributed by atoms with E-state index in [2.05, 4.69) is 48.5 Å². The maximum Gasteiger partial charge on any atom is 0.306 e. The monoisotopic (exact) mass is 1200 g/mol. The van der Waals surface area contributed by atoms with Crippen LogP contribution in [0.15, 0.2) is 0 Å². The van der Waals surface area contributed by atoms with E-state index in [-0.39, 0.29) is 31.1 Å². The number of hydrogen-bond acceptors (Lipinski definition) is 6. The van der Waals surface area contributed by atoms with Gasteiger partial charge in [-0.1, -0.05) is 434 Å². The zero-order valence-electron chi connectivity index (χ0n) is 59.6. The van der Waals surface area contributed by atoms with Gasteiger partial charge in [-0.05, 0) is 19.3 Å². The normalized spacial score (nSPS) is 11.2. The Morgan fingerprint density at radius 2 is 0.318 bits per heavy atom. The lowest BCUT2D eigenvalue weighted by Crippen LogP contribution is -2.30. The molecule has 0 saturated carbocycles. The SMILES string of the molecule is CCCCCC.CCCCCCCCCCCCCCCC.CCCCCCCCCCCCCCCCCC(=O)OCC(COC(=O)CCCCCCCCCCCCCCCCC)OC(=O)CCCCCCCCCCCCCCCCC. The number of ether oxygens (including phenoxy) is 3. The Hall–Kier alpha value is -1.59. The van der Waals surface area contributed by atoms with Crippen molar-refractivity contribution in [1.29, 1.82) is 0 Å². The Morgan fingerprint density at radius 1 is 0.188 bits per heavy atom. The summed E-state index contributed by atoms with van der Waals surface area (Å²) in [4.78, 5) is 38.1. The van der Waals surface area contributed by atoms with Crippen LogP contribution in [-0.2, 0) is 28.6 Å². The predicted molar refractivity (Wildman–Crippen MR) is 376 cm³/mol. The van der Waals surface area contributed by atoms with E-state index in [0.29, 0.717) is 19.3 Å². The maximum absolute atomic E-state index is 12.8. The first-order valence-electron chi connectivity index (χ1n) is 39.4. The molecule has 0 unspecified atom stereocenters. The molecule has 0 saturated heterocycles. The average Bonchev–Trinajstić information content (AvgIpc) is 3.51. The molecule has 85 heavy (non-hydrogen) atoms. The third kappa shape index (κ3) is 84.5. The molecule has 0 aromatic rings. The van der Waals surface area contributed by atoms with Gasteiger partial charge in [0.1, 0.15) is 13.2 Å². The van der Waals surface area contributed by atoms with Crippen molar-refractivity contribution in [2.75, 3.05) is 13.2 Å². The molecule has 6 heteroatoms. The van der Waals surface area contributed by atoms with Crippen LogP contribution in [-0.4, -0.2) is 37.2 Å². The average molecular weight is 1200 g/mol. The molecule has 0 bridgehead atoms. The summed E-state index contributed by atoms with van der Waals surface area (Å²) in [6.45, 7) is 15.7. The van der Waals surface area contributed by atoms with Crippen molar-refractivity contribution in [1.82, 2.24) is 0 Å². The predicted octanol–water partition coefficient (Wildman–Crippen LogP) is 27.8. The van der Waals surface area contributed by atoms with E-state index in [4.69, 9.17) is 14.2 Å². The summed E-state index contributed by atoms with van der Waals surface area (Å²) in [5.74, 6) is -0.832. The number of esters is 3. The first-order chi connectivity index (χ1) is 41.9. The van der Waals surface area contributed by atoms with Crippen LogP contribution >= 0.6 is 0 Å². The van der Waals surface area contributed by atoms with Crippen molar-refractivity contribution >= 4 is 17.9 Å². The van der Waals surface area contributed by atoms with Crippen LogP contribution in [0.25, 0.3) is 0 Å². The van der Waals surface area contributed by atoms with Crippen LogP contribution < -0.4 is 0 Å². The van der Waals surface area contributed by atoms with Crippen LogP contribution in [0.4, 0.5) is 0 Å². The van der Waals surface area contributed by atoms with Gasteiger partial charge < -0.3 is 14.2 Å². The van der Waals surface area contributed by atoms with Crippen LogP contribution in [0.2, 0.25) is 0 Å². The van der Waals surface area contributed by atoms with Gasteiger partial charge in [-0.15, -0.1) is 0 Å². The van der Waals surface area contributed by atoms with Gasteiger partial charge in [-0.3, -0.25) is 14.4 Å². The van der Waals surface area contributed by atoms with Gasteiger partial charge in [-0.25, -0.2) is 0 Å². The molecule has 0 aliphatic carbocycles. The second-order valence-corrected chi connectivity index (χ2v) is 26.5. The molecule has 6 nitrogen and oxygen atoms in total. The Labute approximate surface area is 535 Å². The molecule has 0 aliphatic rings. The molecule has 0 radical (unpaired) electrons. The minimum absolute atomic E-state index is 0.0611. The fourth-order valence-corrected chi connectivity index (χ4v) is 11.6. The van der Waals surface area contributed by atoms with E-state index in [9.17, 15) is 14.4 Å². The molecular formula is C79H158O6. The van der Waals surface area contributed by atoms with E-state index in [1.165, 1.54) is 347 Å². The summed E-state index contributed by atoms with van der Waals surface area (Å²) in [6, 6.07) is 0. The van der Waals surface area contributed by atoms with Crippen molar-refractivity contribution in [3.63, 3.8) is 0 Å². The minimum atomic E-state index is -0.760. The molecule has 510 valence electrons. The Balaban J connectivity index is -0.00000254. The molecule has 0 N–H and O–H groups in total. The van der Waals surface area contributed by atoms with Crippen molar-refractivity contribution in [3.05, 3.63) is 0 Å². The van der Waals surface area contributed by atoms with Crippen molar-refractivity contribution in [2.45, 2.75) is 478 Å². The molecular weight excluding hydrogens is 1040 g/mol. The van der Waals surface area contributed by atoms with Crippen molar-refractivity contribution in [2.24, 2.45) is 0 Å². The largest absolute Gasteiger partial charge is 0.462 e. The van der Waals surface area contributed by atoms with Gasteiger partial charge in [0.05, 0.1) is 0 Å². The molecule has 0 heterocycles. The summed E-state index contributed by atoms with van der Waals surface area (Å²) >= 11 is 0. The molecule has 0 rings (SSSR count). The van der Waals surface area contributed by atoms with E-state index in [0.717, 1.165) is 57.8 Å². The Morgan fingerprint density at radius 3 is 0.482 bits per heavy atom. The third-order valence-corrected chi connectivity index (χ3v) is 17.5. The zero-order chi connectivity index (χ0) is 62.5. The van der Waals surface area contributed by atoms with Crippen LogP contribution in [0, 0.1) is 0 Å². The maximum atomic E-state index is 12.8. The van der Waals surface area contributed by atoms with Crippen LogP contribution in [0.5, 0.6) is 0 Å². The van der Waals surface area contributed by atoms with E-state index in [1.54, 1.807) is 0 Å². The lowest BCUT2D eigenvalue weighted by atomic mass is 10.0. The smallest absolute Gasteiger partial charge is 0.306 e. The summed E-state index contributed by atoms with van der Waals surface area (Å²) in [7, 11) is 0. The topological polar surface area (TPSA) is 78.9 Å². The highest BCUT2D eigenvalue weighted by molar-refractivity contribution is 5.71. The summed E-state index contributed by atoms with van der Waals surface area (Å²) in [6.07, 6.45) is 83.9. The highest BCUT2D eigenvalue weighted by Crippen LogP contribution is 2.19. The first kappa shape index (κ1) is 87.6. The van der Waals surface area contributed by atoms with E-state index < -0.39 is 6.10 Å². The summed E-state index contributed by atoms with van der Waals surface area (Å²) in [5.41, 5.74) is 0. The molecule has 0 aromatic carbocycles. The standard InChI is InChI=1S/C57H110O6.C16H34.C6H14/c1-4-7-10-13-16-19-22-25-28-31-34-37-40-43-46-49-55(58)61-52-54(63-57(60)51-48-45-42-39-36-33-30-27-24-21-18-15-12-9-6-3)53-62-56(59)50-47-44-41-38-35-32-29-26-23-20-17-14-11-8-5-2;1-3-5-7-9-11-13-15-16-14-12-10-8-6-4-2;1-3-5-6-4-2/h54H,4-53H2,1-3H3;3-16H2,1-2H3;3-6H2,1-2H3. The Kier molecular flexibility index (Phi) is 84.9. The number of unbranched alkanes of at least 4 members (excludes halogenated alkanes) is 58. The van der Waals surface area contributed by atoms with Gasteiger partial charge >= 0.3 is 17.9 Å². The number of rotatable bonds is 69. The van der Waals surface area contributed by atoms with E-state index in [1.807, 2.05) is 0 Å². The van der Waals surface area contributed by atoms with Crippen molar-refractivity contribution < 1.29 is 28.6 Å². The molecule has 0 fully saturated rings. The lowest BCUT2D eigenvalue weighted by molar-refractivity contribution is -0.167. The van der Waals surface area contributed by atoms with Crippen molar-refractivity contribution in [3.8, 4) is 0 Å². The molecule has 0 atom stereocenters. The molecule has 0 aromatic heterocycles. The van der Waals surface area contributed by atoms with Gasteiger partial charge in [0.25, 0.3) is 0 Å². The second-order valence-electron chi connectivity index (χ2n) is 26.5. The van der Waals surface area contributed by atoms with Crippen LogP contribution in [0.1, 0.15) is 472 Å². The highest BCUT2D eigenvalue weighted by atomic mass is 16.6. The Bertz CT molecular complexity index is 1150. The summed E-state index contributed by atoms with van der Waals surface area (Å²) < 4.78 is 16.9. The van der Waals surface area contributed by atoms with E-state index >= 15 is 0 Å². The minimum Gasteiger partial charge on any atom is -0.462 e. The second kappa shape index (κ2) is 82.4. The quantitative estimate of drug-likeness (QED) is 0.0343. The van der Waals surface area contributed by atoms with Crippen LogP contribution in [0.3, 0.4) is 0 Å². The molecule has 0 aliphatic heterocycles. The number of carbonyl (C=O) groups is 3. The van der Waals surface area contributed by atoms with Gasteiger partial charge in [0.15, 0.2) is 6.10 Å². The third-order valence-electron chi connectivity index (χ3n) is 17.5. The lowest BCUT2D eigenvalue weighted by Gasteiger charge is -2.18. The highest BCUT2D eigenvalue weighted by Gasteiger charge is 2.20. The fraction of sp³-hybridized carbons (Fsp3) is 0.962. The number of carbonyl (C=O) groups excluding carboxylic acids is 3. The fourth-order valence-electron chi connectivity index (χ4n) is 11.6. The first-order valence-corrected chi connectivity index (χ1v) is 39.4. The van der Waals surface area contributed by atoms with Gasteiger partial charge in [-0.2, -0.15) is 0 Å².